The molecule has 1 aliphatic heterocycles. The Hall–Kier alpha value is -1.92. The van der Waals surface area contributed by atoms with Crippen LogP contribution >= 0.6 is 12.4 Å². The van der Waals surface area contributed by atoms with Gasteiger partial charge in [-0.25, -0.2) is 4.98 Å². The number of aromatic nitrogens is 3. The first-order chi connectivity index (χ1) is 10.2. The van der Waals surface area contributed by atoms with Crippen LogP contribution in [0.1, 0.15) is 18.7 Å². The normalized spacial score (nSPS) is 17.6. The number of H-pyrrole nitrogens is 1. The third kappa shape index (κ3) is 3.84. The maximum absolute atomic E-state index is 12.2. The van der Waals surface area contributed by atoms with Gasteiger partial charge in [-0.1, -0.05) is 12.1 Å². The molecular weight excluding hydrogens is 302 g/mol. The number of aryl methyl sites for hydroxylation is 1. The Balaban J connectivity index is 0.00000176. The highest BCUT2D eigenvalue weighted by Gasteiger charge is 2.20. The van der Waals surface area contributed by atoms with Crippen LogP contribution in [0.3, 0.4) is 0 Å². The number of nitrogens with one attached hydrogen (secondary N) is 3. The summed E-state index contributed by atoms with van der Waals surface area (Å²) in [5.41, 5.74) is 1.67. The van der Waals surface area contributed by atoms with E-state index in [4.69, 9.17) is 0 Å². The molecule has 0 saturated carbocycles. The standard InChI is InChI=1S/C15H19N5O.ClH/c1-10-17-14(20-19-10)11-4-2-6-13(8-11)18-15(21)12-5-3-7-16-9-12;/h2,4,6,8,12,16H,3,5,7,9H2,1H3,(H,18,21)(H,17,19,20);1H. The predicted molar refractivity (Wildman–Crippen MR) is 88.0 cm³/mol. The van der Waals surface area contributed by atoms with Gasteiger partial charge in [0.25, 0.3) is 0 Å². The van der Waals surface area contributed by atoms with Crippen molar-refractivity contribution in [3.05, 3.63) is 30.1 Å². The fourth-order valence-corrected chi connectivity index (χ4v) is 2.53. The summed E-state index contributed by atoms with van der Waals surface area (Å²) in [6.45, 7) is 3.62. The molecule has 0 radical (unpaired) electrons. The zero-order chi connectivity index (χ0) is 14.7. The predicted octanol–water partition coefficient (Wildman–Crippen LogP) is 2.14. The third-order valence-corrected chi connectivity index (χ3v) is 3.65. The number of aromatic amines is 1. The van der Waals surface area contributed by atoms with E-state index in [1.807, 2.05) is 31.2 Å². The van der Waals surface area contributed by atoms with E-state index >= 15 is 0 Å². The number of rotatable bonds is 3. The Kier molecular flexibility index (Phi) is 5.51. The maximum Gasteiger partial charge on any atom is 0.228 e. The van der Waals surface area contributed by atoms with E-state index in [1.165, 1.54) is 0 Å². The molecule has 22 heavy (non-hydrogen) atoms. The molecule has 0 aliphatic carbocycles. The van der Waals surface area contributed by atoms with Crippen LogP contribution in [0.5, 0.6) is 0 Å². The lowest BCUT2D eigenvalue weighted by molar-refractivity contribution is -0.120. The van der Waals surface area contributed by atoms with E-state index in [-0.39, 0.29) is 24.2 Å². The van der Waals surface area contributed by atoms with Gasteiger partial charge in [0.2, 0.25) is 5.91 Å². The van der Waals surface area contributed by atoms with Crippen LogP contribution in [0.2, 0.25) is 0 Å². The minimum atomic E-state index is 0. The number of hydrogen-bond donors (Lipinski definition) is 3. The quantitative estimate of drug-likeness (QED) is 0.809. The van der Waals surface area contributed by atoms with Crippen molar-refractivity contribution in [1.29, 1.82) is 0 Å². The number of hydrogen-bond acceptors (Lipinski definition) is 4. The largest absolute Gasteiger partial charge is 0.326 e. The highest BCUT2D eigenvalue weighted by atomic mass is 35.5. The molecular formula is C15H20ClN5O. The molecule has 2 aromatic rings. The van der Waals surface area contributed by atoms with Gasteiger partial charge in [-0.15, -0.1) is 12.4 Å². The zero-order valence-corrected chi connectivity index (χ0v) is 13.2. The molecule has 1 aromatic heterocycles. The number of piperidine rings is 1. The van der Waals surface area contributed by atoms with Crippen molar-refractivity contribution in [3.63, 3.8) is 0 Å². The zero-order valence-electron chi connectivity index (χ0n) is 12.4. The van der Waals surface area contributed by atoms with Gasteiger partial charge in [0.1, 0.15) is 5.82 Å². The van der Waals surface area contributed by atoms with Crippen molar-refractivity contribution < 1.29 is 4.79 Å². The average molecular weight is 322 g/mol. The molecule has 7 heteroatoms. The van der Waals surface area contributed by atoms with Gasteiger partial charge in [0.15, 0.2) is 5.82 Å². The van der Waals surface area contributed by atoms with E-state index in [9.17, 15) is 4.79 Å². The van der Waals surface area contributed by atoms with Crippen LogP contribution in [0.15, 0.2) is 24.3 Å². The molecule has 1 aromatic carbocycles. The summed E-state index contributed by atoms with van der Waals surface area (Å²) in [5, 5.41) is 13.2. The Bertz CT molecular complexity index is 636. The minimum absolute atomic E-state index is 0. The Morgan fingerprint density at radius 2 is 2.27 bits per heavy atom. The molecule has 1 fully saturated rings. The summed E-state index contributed by atoms with van der Waals surface area (Å²) in [6.07, 6.45) is 1.99. The lowest BCUT2D eigenvalue weighted by Gasteiger charge is -2.21. The summed E-state index contributed by atoms with van der Waals surface area (Å²) in [6, 6.07) is 7.62. The Labute approximate surface area is 135 Å². The molecule has 118 valence electrons. The summed E-state index contributed by atoms with van der Waals surface area (Å²) in [7, 11) is 0. The second-order valence-corrected chi connectivity index (χ2v) is 5.36. The first-order valence-electron chi connectivity index (χ1n) is 7.23. The topological polar surface area (TPSA) is 82.7 Å². The average Bonchev–Trinajstić information content (AvgIpc) is 2.95. The van der Waals surface area contributed by atoms with Gasteiger partial charge in [-0.2, -0.15) is 5.10 Å². The molecule has 3 N–H and O–H groups in total. The van der Waals surface area contributed by atoms with Gasteiger partial charge in [-0.3, -0.25) is 9.89 Å². The number of benzene rings is 1. The lowest BCUT2D eigenvalue weighted by Crippen LogP contribution is -2.37. The van der Waals surface area contributed by atoms with Gasteiger partial charge >= 0.3 is 0 Å². The van der Waals surface area contributed by atoms with E-state index in [1.54, 1.807) is 0 Å². The van der Waals surface area contributed by atoms with Gasteiger partial charge in [0, 0.05) is 17.8 Å². The molecule has 6 nitrogen and oxygen atoms in total. The maximum atomic E-state index is 12.2. The van der Waals surface area contributed by atoms with E-state index in [0.717, 1.165) is 43.0 Å². The minimum Gasteiger partial charge on any atom is -0.326 e. The first kappa shape index (κ1) is 16.5. The molecule has 2 heterocycles. The summed E-state index contributed by atoms with van der Waals surface area (Å²) >= 11 is 0. The summed E-state index contributed by atoms with van der Waals surface area (Å²) in [4.78, 5) is 16.5. The highest BCUT2D eigenvalue weighted by Crippen LogP contribution is 2.20. The van der Waals surface area contributed by atoms with Crippen LogP contribution < -0.4 is 10.6 Å². The van der Waals surface area contributed by atoms with Crippen LogP contribution in [0.4, 0.5) is 5.69 Å². The molecule has 1 aliphatic rings. The Morgan fingerprint density at radius 3 is 2.95 bits per heavy atom. The number of anilines is 1. The van der Waals surface area contributed by atoms with E-state index in [0.29, 0.717) is 5.82 Å². The van der Waals surface area contributed by atoms with Crippen molar-refractivity contribution in [1.82, 2.24) is 20.5 Å². The van der Waals surface area contributed by atoms with Crippen molar-refractivity contribution in [2.45, 2.75) is 19.8 Å². The van der Waals surface area contributed by atoms with Crippen molar-refractivity contribution in [2.75, 3.05) is 18.4 Å². The van der Waals surface area contributed by atoms with Gasteiger partial charge in [0.05, 0.1) is 5.92 Å². The van der Waals surface area contributed by atoms with Gasteiger partial charge in [-0.05, 0) is 38.4 Å². The highest BCUT2D eigenvalue weighted by molar-refractivity contribution is 5.93. The van der Waals surface area contributed by atoms with Crippen LogP contribution in [0.25, 0.3) is 11.4 Å². The first-order valence-corrected chi connectivity index (χ1v) is 7.23. The van der Waals surface area contributed by atoms with Crippen LogP contribution in [0, 0.1) is 12.8 Å². The van der Waals surface area contributed by atoms with E-state index in [2.05, 4.69) is 25.8 Å². The number of carbonyl (C=O) groups is 1. The molecule has 0 spiro atoms. The third-order valence-electron chi connectivity index (χ3n) is 3.65. The number of amides is 1. The van der Waals surface area contributed by atoms with Crippen molar-refractivity contribution in [2.24, 2.45) is 5.92 Å². The molecule has 1 atom stereocenters. The second-order valence-electron chi connectivity index (χ2n) is 5.36. The van der Waals surface area contributed by atoms with Crippen LogP contribution in [-0.2, 0) is 4.79 Å². The molecule has 1 saturated heterocycles. The molecule has 1 amide bonds. The molecule has 3 rings (SSSR count). The van der Waals surface area contributed by atoms with Crippen molar-refractivity contribution in [3.8, 4) is 11.4 Å². The SMILES string of the molecule is Cc1nc(-c2cccc(NC(=O)C3CCCNC3)c2)n[nH]1.Cl. The number of nitrogens with zero attached hydrogens (tertiary/aromatic N) is 2. The smallest absolute Gasteiger partial charge is 0.228 e. The lowest BCUT2D eigenvalue weighted by atomic mass is 9.99. The van der Waals surface area contributed by atoms with E-state index < -0.39 is 0 Å². The Morgan fingerprint density at radius 1 is 1.41 bits per heavy atom. The fraction of sp³-hybridized carbons (Fsp3) is 0.400. The number of halogens is 1. The molecule has 0 bridgehead atoms. The summed E-state index contributed by atoms with van der Waals surface area (Å²) in [5.74, 6) is 1.54. The second kappa shape index (κ2) is 7.38. The van der Waals surface area contributed by atoms with Crippen molar-refractivity contribution >= 4 is 24.0 Å². The molecule has 1 unspecified atom stereocenters. The number of carbonyl (C=O) groups excluding carboxylic acids is 1. The van der Waals surface area contributed by atoms with Crippen LogP contribution in [-0.4, -0.2) is 34.2 Å². The summed E-state index contributed by atoms with van der Waals surface area (Å²) < 4.78 is 0. The monoisotopic (exact) mass is 321 g/mol. The van der Waals surface area contributed by atoms with Gasteiger partial charge < -0.3 is 10.6 Å². The fourth-order valence-electron chi connectivity index (χ4n) is 2.53.